The van der Waals surface area contributed by atoms with E-state index in [0.717, 1.165) is 43.4 Å². The summed E-state index contributed by atoms with van der Waals surface area (Å²) < 4.78 is 6.10. The molecule has 3 rings (SSSR count). The average Bonchev–Trinajstić information content (AvgIpc) is 2.50. The highest BCUT2D eigenvalue weighted by Gasteiger charge is 2.40. The van der Waals surface area contributed by atoms with Crippen LogP contribution in [0.5, 0.6) is 0 Å². The minimum absolute atomic E-state index is 0.0228. The van der Waals surface area contributed by atoms with E-state index in [1.54, 1.807) is 0 Å². The molecule has 2 aliphatic rings. The van der Waals surface area contributed by atoms with Gasteiger partial charge in [0.1, 0.15) is 0 Å². The molecule has 2 fully saturated rings. The molecule has 1 aromatic carbocycles. The van der Waals surface area contributed by atoms with Gasteiger partial charge in [-0.1, -0.05) is 31.4 Å². The second-order valence-electron chi connectivity index (χ2n) is 6.67. The van der Waals surface area contributed by atoms with Crippen LogP contribution < -0.4 is 5.73 Å². The molecule has 1 heterocycles. The Morgan fingerprint density at radius 3 is 2.81 bits per heavy atom. The fraction of sp³-hybridized carbons (Fsp3) is 0.611. The number of ketones is 1. The van der Waals surface area contributed by atoms with E-state index in [0.29, 0.717) is 5.69 Å². The minimum Gasteiger partial charge on any atom is -0.398 e. The lowest BCUT2D eigenvalue weighted by Crippen LogP contribution is -2.43. The van der Waals surface area contributed by atoms with Gasteiger partial charge in [-0.05, 0) is 44.2 Å². The van der Waals surface area contributed by atoms with Gasteiger partial charge in [-0.25, -0.2) is 0 Å². The van der Waals surface area contributed by atoms with Crippen molar-refractivity contribution in [2.24, 2.45) is 5.92 Å². The largest absolute Gasteiger partial charge is 0.398 e. The van der Waals surface area contributed by atoms with Crippen molar-refractivity contribution in [2.75, 3.05) is 12.3 Å². The first-order valence-corrected chi connectivity index (χ1v) is 8.15. The predicted octanol–water partition coefficient (Wildman–Crippen LogP) is 3.89. The molecule has 0 bridgehead atoms. The molecule has 1 aliphatic carbocycles. The Labute approximate surface area is 126 Å². The summed E-state index contributed by atoms with van der Waals surface area (Å²) in [4.78, 5) is 12.9. The Bertz CT molecular complexity index is 527. The van der Waals surface area contributed by atoms with Gasteiger partial charge in [0.2, 0.25) is 0 Å². The van der Waals surface area contributed by atoms with Gasteiger partial charge in [0.05, 0.1) is 5.60 Å². The summed E-state index contributed by atoms with van der Waals surface area (Å²) in [5, 5.41) is 0. The highest BCUT2D eigenvalue weighted by molar-refractivity contribution is 6.00. The molecule has 114 valence electrons. The number of hydrogen-bond acceptors (Lipinski definition) is 3. The number of carbonyl (C=O) groups excluding carboxylic acids is 1. The predicted molar refractivity (Wildman–Crippen MR) is 84.4 cm³/mol. The van der Waals surface area contributed by atoms with E-state index in [-0.39, 0.29) is 17.3 Å². The van der Waals surface area contributed by atoms with Crippen molar-refractivity contribution in [1.29, 1.82) is 0 Å². The molecule has 0 amide bonds. The fourth-order valence-corrected chi connectivity index (χ4v) is 3.94. The molecule has 3 nitrogen and oxygen atoms in total. The summed E-state index contributed by atoms with van der Waals surface area (Å²) in [5.74, 6) is 0.352. The van der Waals surface area contributed by atoms with E-state index in [1.807, 2.05) is 25.1 Å². The van der Waals surface area contributed by atoms with Gasteiger partial charge in [-0.15, -0.1) is 0 Å². The third-order valence-electron chi connectivity index (χ3n) is 5.27. The summed E-state index contributed by atoms with van der Waals surface area (Å²) in [7, 11) is 0. The zero-order valence-corrected chi connectivity index (χ0v) is 12.9. The van der Waals surface area contributed by atoms with Crippen LogP contribution in [0.25, 0.3) is 0 Å². The number of nitrogen functional groups attached to an aromatic ring is 1. The molecule has 0 radical (unpaired) electrons. The smallest absolute Gasteiger partial charge is 0.166 e. The van der Waals surface area contributed by atoms with Crippen LogP contribution in [0.4, 0.5) is 5.69 Å². The number of benzene rings is 1. The molecular formula is C18H25NO2. The van der Waals surface area contributed by atoms with Gasteiger partial charge < -0.3 is 10.5 Å². The second kappa shape index (κ2) is 5.80. The van der Waals surface area contributed by atoms with Gasteiger partial charge in [0.15, 0.2) is 5.78 Å². The fourth-order valence-electron chi connectivity index (χ4n) is 3.94. The maximum atomic E-state index is 12.9. The third-order valence-corrected chi connectivity index (χ3v) is 5.27. The zero-order chi connectivity index (χ0) is 14.9. The van der Waals surface area contributed by atoms with Crippen molar-refractivity contribution in [3.8, 4) is 0 Å². The second-order valence-corrected chi connectivity index (χ2v) is 6.67. The highest BCUT2D eigenvalue weighted by atomic mass is 16.5. The molecule has 1 aromatic rings. The normalized spacial score (nSPS) is 24.9. The van der Waals surface area contributed by atoms with Crippen LogP contribution in [0.3, 0.4) is 0 Å². The highest BCUT2D eigenvalue weighted by Crippen LogP contribution is 2.41. The monoisotopic (exact) mass is 287 g/mol. The molecule has 1 spiro atoms. The number of Topliss-reactive ketones (excluding diaryl/α,β-unsaturated/α-hetero) is 1. The number of rotatable bonds is 2. The van der Waals surface area contributed by atoms with Crippen LogP contribution >= 0.6 is 0 Å². The Morgan fingerprint density at radius 2 is 2.05 bits per heavy atom. The van der Waals surface area contributed by atoms with E-state index < -0.39 is 0 Å². The van der Waals surface area contributed by atoms with Crippen LogP contribution in [-0.2, 0) is 4.74 Å². The molecule has 1 saturated heterocycles. The molecule has 1 atom stereocenters. The first-order chi connectivity index (χ1) is 10.1. The summed E-state index contributed by atoms with van der Waals surface area (Å²) in [5.41, 5.74) is 8.35. The van der Waals surface area contributed by atoms with E-state index >= 15 is 0 Å². The molecule has 1 saturated carbocycles. The number of carbonyl (C=O) groups is 1. The maximum absolute atomic E-state index is 12.9. The van der Waals surface area contributed by atoms with Gasteiger partial charge >= 0.3 is 0 Å². The van der Waals surface area contributed by atoms with Crippen molar-refractivity contribution in [3.05, 3.63) is 29.3 Å². The third kappa shape index (κ3) is 2.84. The minimum atomic E-state index is -0.0228. The van der Waals surface area contributed by atoms with Crippen molar-refractivity contribution >= 4 is 11.5 Å². The van der Waals surface area contributed by atoms with Gasteiger partial charge in [-0.2, -0.15) is 0 Å². The first kappa shape index (κ1) is 14.6. The summed E-state index contributed by atoms with van der Waals surface area (Å²) in [6, 6.07) is 5.65. The molecule has 3 heteroatoms. The standard InChI is InChI=1S/C18H25NO2/c1-13-15(6-5-7-16(13)19)17(20)14-8-11-21-18(12-14)9-3-2-4-10-18/h5-7,14H,2-4,8-12,19H2,1H3. The summed E-state index contributed by atoms with van der Waals surface area (Å²) >= 11 is 0. The van der Waals surface area contributed by atoms with E-state index in [2.05, 4.69) is 0 Å². The van der Waals surface area contributed by atoms with Crippen LogP contribution in [0.1, 0.15) is 60.9 Å². The quantitative estimate of drug-likeness (QED) is 0.663. The molecule has 21 heavy (non-hydrogen) atoms. The lowest BCUT2D eigenvalue weighted by molar-refractivity contribution is -0.111. The van der Waals surface area contributed by atoms with Gasteiger partial charge in [-0.3, -0.25) is 4.79 Å². The zero-order valence-electron chi connectivity index (χ0n) is 12.9. The molecule has 2 N–H and O–H groups in total. The SMILES string of the molecule is Cc1c(N)cccc1C(=O)C1CCOC2(CCCCC2)C1. The van der Waals surface area contributed by atoms with Crippen LogP contribution in [-0.4, -0.2) is 18.0 Å². The van der Waals surface area contributed by atoms with Crippen molar-refractivity contribution in [2.45, 2.75) is 57.5 Å². The van der Waals surface area contributed by atoms with Gasteiger partial charge in [0, 0.05) is 23.8 Å². The maximum Gasteiger partial charge on any atom is 0.166 e. The van der Waals surface area contributed by atoms with Crippen molar-refractivity contribution < 1.29 is 9.53 Å². The number of nitrogens with two attached hydrogens (primary N) is 1. The van der Waals surface area contributed by atoms with Crippen LogP contribution in [0, 0.1) is 12.8 Å². The van der Waals surface area contributed by atoms with Crippen molar-refractivity contribution in [3.63, 3.8) is 0 Å². The van der Waals surface area contributed by atoms with Crippen molar-refractivity contribution in [1.82, 2.24) is 0 Å². The molecular weight excluding hydrogens is 262 g/mol. The number of ether oxygens (including phenoxy) is 1. The Hall–Kier alpha value is -1.35. The van der Waals surface area contributed by atoms with Crippen LogP contribution in [0.2, 0.25) is 0 Å². The molecule has 1 unspecified atom stereocenters. The Balaban J connectivity index is 1.79. The summed E-state index contributed by atoms with van der Waals surface area (Å²) in [6.45, 7) is 2.66. The van der Waals surface area contributed by atoms with Crippen LogP contribution in [0.15, 0.2) is 18.2 Å². The van der Waals surface area contributed by atoms with E-state index in [1.165, 1.54) is 19.3 Å². The van der Waals surface area contributed by atoms with E-state index in [9.17, 15) is 4.79 Å². The molecule has 1 aliphatic heterocycles. The van der Waals surface area contributed by atoms with E-state index in [4.69, 9.17) is 10.5 Å². The lowest BCUT2D eigenvalue weighted by atomic mass is 9.74. The Kier molecular flexibility index (Phi) is 4.03. The molecule has 0 aromatic heterocycles. The lowest BCUT2D eigenvalue weighted by Gasteiger charge is -2.43. The Morgan fingerprint density at radius 1 is 1.29 bits per heavy atom. The number of hydrogen-bond donors (Lipinski definition) is 1. The topological polar surface area (TPSA) is 52.3 Å². The number of anilines is 1. The first-order valence-electron chi connectivity index (χ1n) is 8.15. The average molecular weight is 287 g/mol. The summed E-state index contributed by atoms with van der Waals surface area (Å²) in [6.07, 6.45) is 7.74. The van der Waals surface area contributed by atoms with Gasteiger partial charge in [0.25, 0.3) is 0 Å².